The highest BCUT2D eigenvalue weighted by Crippen LogP contribution is 2.45. The molecule has 1 N–H and O–H groups in total. The fourth-order valence-electron chi connectivity index (χ4n) is 4.18. The molecule has 1 amide bonds. The van der Waals surface area contributed by atoms with Gasteiger partial charge in [-0.2, -0.15) is 0 Å². The summed E-state index contributed by atoms with van der Waals surface area (Å²) in [6.07, 6.45) is 1.37. The van der Waals surface area contributed by atoms with Crippen LogP contribution in [0.3, 0.4) is 0 Å². The molecular weight excluding hydrogens is 466 g/mol. The highest BCUT2D eigenvalue weighted by molar-refractivity contribution is 6.46. The molecule has 1 aliphatic rings. The highest BCUT2D eigenvalue weighted by atomic mass is 16.5. The Kier molecular flexibility index (Phi) is 9.19. The average molecular weight is 500 g/mol. The number of aliphatic hydroxyl groups is 1. The zero-order valence-electron chi connectivity index (χ0n) is 21.3. The molecule has 0 aromatic heterocycles. The molecule has 0 spiro atoms. The zero-order valence-corrected chi connectivity index (χ0v) is 21.3. The van der Waals surface area contributed by atoms with Crippen LogP contribution in [0.4, 0.5) is 0 Å². The molecule has 0 saturated carbocycles. The lowest BCUT2D eigenvalue weighted by Gasteiger charge is -2.26. The zero-order chi connectivity index (χ0) is 26.2. The van der Waals surface area contributed by atoms with E-state index < -0.39 is 17.7 Å². The maximum atomic E-state index is 13.2. The minimum atomic E-state index is -0.869. The molecule has 0 aliphatic carbocycles. The molecular formula is C27H33NO8. The summed E-state index contributed by atoms with van der Waals surface area (Å²) in [5.41, 5.74) is 0.908. The predicted octanol–water partition coefficient (Wildman–Crippen LogP) is 3.96. The number of ether oxygens (including phenoxy) is 5. The Morgan fingerprint density at radius 3 is 2.11 bits per heavy atom. The second kappa shape index (κ2) is 12.3. The standard InChI is InChI=1S/C27H33NO8/c1-6-13-36-19-10-8-17(9-11-19)24(29)22-23(28(12-7-14-32-2)27(31)25(22)30)18-15-20(33-3)26(35-5)21(16-18)34-4/h8-11,15-16,23,29H,6-7,12-14H2,1-5H3. The average Bonchev–Trinajstić information content (AvgIpc) is 3.16. The Morgan fingerprint density at radius 1 is 0.944 bits per heavy atom. The summed E-state index contributed by atoms with van der Waals surface area (Å²) in [5, 5.41) is 11.3. The van der Waals surface area contributed by atoms with E-state index in [0.717, 1.165) is 6.42 Å². The van der Waals surface area contributed by atoms with Gasteiger partial charge in [0.05, 0.1) is 39.6 Å². The van der Waals surface area contributed by atoms with Gasteiger partial charge in [-0.05, 0) is 54.8 Å². The third kappa shape index (κ3) is 5.41. The van der Waals surface area contributed by atoms with Crippen LogP contribution in [0.5, 0.6) is 23.0 Å². The number of likely N-dealkylation sites (tertiary alicyclic amines) is 1. The Bertz CT molecular complexity index is 1080. The number of Topliss-reactive ketones (excluding diaryl/α,β-unsaturated/α-hetero) is 1. The van der Waals surface area contributed by atoms with Crippen molar-refractivity contribution in [1.82, 2.24) is 4.90 Å². The highest BCUT2D eigenvalue weighted by Gasteiger charge is 2.46. The maximum absolute atomic E-state index is 13.2. The van der Waals surface area contributed by atoms with Gasteiger partial charge in [0.1, 0.15) is 11.5 Å². The molecule has 194 valence electrons. The van der Waals surface area contributed by atoms with Crippen LogP contribution >= 0.6 is 0 Å². The lowest BCUT2D eigenvalue weighted by molar-refractivity contribution is -0.140. The number of rotatable bonds is 12. The van der Waals surface area contributed by atoms with E-state index in [-0.39, 0.29) is 17.9 Å². The van der Waals surface area contributed by atoms with Gasteiger partial charge in [0, 0.05) is 25.8 Å². The van der Waals surface area contributed by atoms with Gasteiger partial charge in [0.15, 0.2) is 11.5 Å². The summed E-state index contributed by atoms with van der Waals surface area (Å²) < 4.78 is 27.1. The predicted molar refractivity (Wildman–Crippen MR) is 134 cm³/mol. The van der Waals surface area contributed by atoms with Gasteiger partial charge in [-0.15, -0.1) is 0 Å². The van der Waals surface area contributed by atoms with Crippen LogP contribution in [0.25, 0.3) is 5.76 Å². The molecule has 1 saturated heterocycles. The summed E-state index contributed by atoms with van der Waals surface area (Å²) in [6, 6.07) is 9.23. The molecule has 1 unspecified atom stereocenters. The largest absolute Gasteiger partial charge is 0.507 e. The van der Waals surface area contributed by atoms with Crippen LogP contribution in [-0.2, 0) is 14.3 Å². The topological polar surface area (TPSA) is 104 Å². The van der Waals surface area contributed by atoms with Crippen molar-refractivity contribution in [3.05, 3.63) is 53.1 Å². The first-order chi connectivity index (χ1) is 17.4. The van der Waals surface area contributed by atoms with Crippen molar-refractivity contribution in [1.29, 1.82) is 0 Å². The Hall–Kier alpha value is -3.72. The Labute approximate surface area is 211 Å². The Balaban J connectivity index is 2.16. The van der Waals surface area contributed by atoms with Gasteiger partial charge in [-0.25, -0.2) is 0 Å². The monoisotopic (exact) mass is 499 g/mol. The summed E-state index contributed by atoms with van der Waals surface area (Å²) in [4.78, 5) is 27.8. The van der Waals surface area contributed by atoms with Crippen LogP contribution < -0.4 is 18.9 Å². The molecule has 1 fully saturated rings. The lowest BCUT2D eigenvalue weighted by Crippen LogP contribution is -2.31. The maximum Gasteiger partial charge on any atom is 0.295 e. The number of amides is 1. The number of hydrogen-bond donors (Lipinski definition) is 1. The minimum absolute atomic E-state index is 0.0195. The summed E-state index contributed by atoms with van der Waals surface area (Å²) in [7, 11) is 6.03. The van der Waals surface area contributed by atoms with E-state index in [0.29, 0.717) is 53.8 Å². The fraction of sp³-hybridized carbons (Fsp3) is 0.407. The third-order valence-electron chi connectivity index (χ3n) is 5.89. The molecule has 36 heavy (non-hydrogen) atoms. The van der Waals surface area contributed by atoms with Crippen molar-refractivity contribution < 1.29 is 38.4 Å². The first-order valence-electron chi connectivity index (χ1n) is 11.7. The molecule has 1 atom stereocenters. The van der Waals surface area contributed by atoms with Gasteiger partial charge >= 0.3 is 0 Å². The molecule has 0 radical (unpaired) electrons. The first kappa shape index (κ1) is 26.9. The molecule has 9 nitrogen and oxygen atoms in total. The normalized spacial score (nSPS) is 16.8. The molecule has 2 aromatic carbocycles. The van der Waals surface area contributed by atoms with Crippen molar-refractivity contribution in [2.75, 3.05) is 48.2 Å². The summed E-state index contributed by atoms with van der Waals surface area (Å²) >= 11 is 0. The van der Waals surface area contributed by atoms with E-state index in [1.165, 1.54) is 26.2 Å². The van der Waals surface area contributed by atoms with Crippen LogP contribution in [0.15, 0.2) is 42.0 Å². The number of ketones is 1. The molecule has 0 bridgehead atoms. The van der Waals surface area contributed by atoms with Crippen LogP contribution in [0, 0.1) is 0 Å². The van der Waals surface area contributed by atoms with Gasteiger partial charge < -0.3 is 33.7 Å². The summed E-state index contributed by atoms with van der Waals surface area (Å²) in [6.45, 7) is 3.23. The smallest absolute Gasteiger partial charge is 0.295 e. The number of aliphatic hydroxyl groups excluding tert-OH is 1. The van der Waals surface area contributed by atoms with Gasteiger partial charge in [-0.1, -0.05) is 6.92 Å². The van der Waals surface area contributed by atoms with Crippen molar-refractivity contribution in [2.45, 2.75) is 25.8 Å². The molecule has 2 aromatic rings. The number of hydrogen-bond acceptors (Lipinski definition) is 8. The van der Waals surface area contributed by atoms with E-state index in [2.05, 4.69) is 0 Å². The van der Waals surface area contributed by atoms with E-state index in [1.807, 2.05) is 6.92 Å². The second-order valence-electron chi connectivity index (χ2n) is 8.17. The fourth-order valence-corrected chi connectivity index (χ4v) is 4.18. The van der Waals surface area contributed by atoms with Crippen LogP contribution in [0.2, 0.25) is 0 Å². The van der Waals surface area contributed by atoms with Gasteiger partial charge in [0.2, 0.25) is 5.75 Å². The van der Waals surface area contributed by atoms with Crippen LogP contribution in [-0.4, -0.2) is 69.9 Å². The number of benzene rings is 2. The third-order valence-corrected chi connectivity index (χ3v) is 5.89. The van der Waals surface area contributed by atoms with Crippen molar-refractivity contribution in [3.8, 4) is 23.0 Å². The van der Waals surface area contributed by atoms with Crippen molar-refractivity contribution in [2.24, 2.45) is 0 Å². The lowest BCUT2D eigenvalue weighted by atomic mass is 9.94. The SMILES string of the molecule is CCCOc1ccc(C(O)=C2C(=O)C(=O)N(CCCOC)C2c2cc(OC)c(OC)c(OC)c2)cc1. The number of carbonyl (C=O) groups excluding carboxylic acids is 2. The van der Waals surface area contributed by atoms with E-state index in [9.17, 15) is 14.7 Å². The number of methoxy groups -OCH3 is 4. The quantitative estimate of drug-likeness (QED) is 0.203. The van der Waals surface area contributed by atoms with Gasteiger partial charge in [-0.3, -0.25) is 9.59 Å². The number of nitrogens with zero attached hydrogens (tertiary/aromatic N) is 1. The molecule has 1 aliphatic heterocycles. The van der Waals surface area contributed by atoms with Gasteiger partial charge in [0.25, 0.3) is 11.7 Å². The molecule has 1 heterocycles. The number of carbonyl (C=O) groups is 2. The van der Waals surface area contributed by atoms with E-state index in [1.54, 1.807) is 43.5 Å². The summed E-state index contributed by atoms with van der Waals surface area (Å²) in [5.74, 6) is 0.0172. The first-order valence-corrected chi connectivity index (χ1v) is 11.7. The molecule has 3 rings (SSSR count). The van der Waals surface area contributed by atoms with Crippen molar-refractivity contribution >= 4 is 17.4 Å². The van der Waals surface area contributed by atoms with Crippen LogP contribution in [0.1, 0.15) is 36.9 Å². The van der Waals surface area contributed by atoms with E-state index in [4.69, 9.17) is 23.7 Å². The second-order valence-corrected chi connectivity index (χ2v) is 8.17. The Morgan fingerprint density at radius 2 is 1.58 bits per heavy atom. The molecule has 9 heteroatoms. The van der Waals surface area contributed by atoms with E-state index >= 15 is 0 Å². The van der Waals surface area contributed by atoms with Crippen molar-refractivity contribution in [3.63, 3.8) is 0 Å². The minimum Gasteiger partial charge on any atom is -0.507 e.